The van der Waals surface area contributed by atoms with E-state index in [1.165, 1.54) is 0 Å². The second-order valence-electron chi connectivity index (χ2n) is 4.37. The molecule has 0 saturated heterocycles. The van der Waals surface area contributed by atoms with E-state index in [2.05, 4.69) is 0 Å². The first-order valence-electron chi connectivity index (χ1n) is 6.13. The van der Waals surface area contributed by atoms with Crippen molar-refractivity contribution in [3.8, 4) is 11.5 Å². The van der Waals surface area contributed by atoms with Crippen LogP contribution in [0.4, 0.5) is 0 Å². The SMILES string of the molecule is COc1ccc(C(O)c2ccccc2C)c(OC)c1. The topological polar surface area (TPSA) is 38.7 Å². The molecule has 0 aromatic heterocycles. The fourth-order valence-corrected chi connectivity index (χ4v) is 2.11. The summed E-state index contributed by atoms with van der Waals surface area (Å²) in [5.74, 6) is 1.33. The van der Waals surface area contributed by atoms with Gasteiger partial charge in [-0.05, 0) is 30.2 Å². The third-order valence-electron chi connectivity index (χ3n) is 3.22. The number of aliphatic hydroxyl groups is 1. The molecule has 19 heavy (non-hydrogen) atoms. The van der Waals surface area contributed by atoms with Crippen LogP contribution >= 0.6 is 0 Å². The Kier molecular flexibility index (Phi) is 4.07. The minimum Gasteiger partial charge on any atom is -0.497 e. The molecule has 100 valence electrons. The highest BCUT2D eigenvalue weighted by molar-refractivity contribution is 5.46. The van der Waals surface area contributed by atoms with E-state index >= 15 is 0 Å². The highest BCUT2D eigenvalue weighted by Gasteiger charge is 2.17. The fraction of sp³-hybridized carbons (Fsp3) is 0.250. The molecule has 0 aliphatic heterocycles. The van der Waals surface area contributed by atoms with Crippen LogP contribution in [0, 0.1) is 6.92 Å². The van der Waals surface area contributed by atoms with Crippen LogP contribution in [0.25, 0.3) is 0 Å². The molecule has 0 spiro atoms. The lowest BCUT2D eigenvalue weighted by Crippen LogP contribution is -2.04. The Morgan fingerprint density at radius 1 is 0.947 bits per heavy atom. The van der Waals surface area contributed by atoms with E-state index in [0.717, 1.165) is 16.7 Å². The molecular formula is C16H18O3. The molecule has 3 heteroatoms. The van der Waals surface area contributed by atoms with Gasteiger partial charge in [0.25, 0.3) is 0 Å². The molecule has 0 saturated carbocycles. The summed E-state index contributed by atoms with van der Waals surface area (Å²) in [5, 5.41) is 10.5. The van der Waals surface area contributed by atoms with E-state index in [0.29, 0.717) is 11.5 Å². The van der Waals surface area contributed by atoms with Crippen LogP contribution in [0.3, 0.4) is 0 Å². The quantitative estimate of drug-likeness (QED) is 0.915. The van der Waals surface area contributed by atoms with E-state index in [9.17, 15) is 5.11 Å². The monoisotopic (exact) mass is 258 g/mol. The normalized spacial score (nSPS) is 12.0. The number of hydrogen-bond acceptors (Lipinski definition) is 3. The van der Waals surface area contributed by atoms with Crippen LogP contribution in [0.15, 0.2) is 42.5 Å². The maximum atomic E-state index is 10.5. The maximum absolute atomic E-state index is 10.5. The van der Waals surface area contributed by atoms with Crippen molar-refractivity contribution in [3.63, 3.8) is 0 Å². The molecule has 0 bridgehead atoms. The third kappa shape index (κ3) is 2.71. The van der Waals surface area contributed by atoms with Crippen molar-refractivity contribution < 1.29 is 14.6 Å². The standard InChI is InChI=1S/C16H18O3/c1-11-6-4-5-7-13(11)16(17)14-9-8-12(18-2)10-15(14)19-3/h4-10,16-17H,1-3H3. The van der Waals surface area contributed by atoms with Gasteiger partial charge in [-0.25, -0.2) is 0 Å². The van der Waals surface area contributed by atoms with Crippen LogP contribution in [0.1, 0.15) is 22.8 Å². The number of aliphatic hydroxyl groups excluding tert-OH is 1. The molecule has 2 aromatic rings. The van der Waals surface area contributed by atoms with Gasteiger partial charge in [0.2, 0.25) is 0 Å². The van der Waals surface area contributed by atoms with Gasteiger partial charge in [0.1, 0.15) is 17.6 Å². The first-order chi connectivity index (χ1) is 9.17. The number of methoxy groups -OCH3 is 2. The van der Waals surface area contributed by atoms with Crippen molar-refractivity contribution >= 4 is 0 Å². The van der Waals surface area contributed by atoms with E-state index < -0.39 is 6.10 Å². The number of ether oxygens (including phenoxy) is 2. The smallest absolute Gasteiger partial charge is 0.128 e. The Hall–Kier alpha value is -2.00. The van der Waals surface area contributed by atoms with Gasteiger partial charge in [-0.1, -0.05) is 24.3 Å². The second-order valence-corrected chi connectivity index (χ2v) is 4.37. The Balaban J connectivity index is 2.44. The van der Waals surface area contributed by atoms with Crippen LogP contribution in [-0.2, 0) is 0 Å². The lowest BCUT2D eigenvalue weighted by molar-refractivity contribution is 0.213. The van der Waals surface area contributed by atoms with E-state index in [1.54, 1.807) is 20.3 Å². The summed E-state index contributed by atoms with van der Waals surface area (Å²) in [6.07, 6.45) is -0.706. The molecule has 0 radical (unpaired) electrons. The molecule has 0 heterocycles. The van der Waals surface area contributed by atoms with Crippen LogP contribution in [0.5, 0.6) is 11.5 Å². The number of benzene rings is 2. The molecule has 0 fully saturated rings. The molecule has 2 aromatic carbocycles. The Morgan fingerprint density at radius 3 is 2.32 bits per heavy atom. The highest BCUT2D eigenvalue weighted by atomic mass is 16.5. The average molecular weight is 258 g/mol. The van der Waals surface area contributed by atoms with Crippen molar-refractivity contribution in [3.05, 3.63) is 59.2 Å². The molecule has 1 N–H and O–H groups in total. The van der Waals surface area contributed by atoms with Gasteiger partial charge < -0.3 is 14.6 Å². The third-order valence-corrected chi connectivity index (χ3v) is 3.22. The second kappa shape index (κ2) is 5.76. The van der Waals surface area contributed by atoms with Gasteiger partial charge in [-0.2, -0.15) is 0 Å². The Labute approximate surface area is 113 Å². The average Bonchev–Trinajstić information content (AvgIpc) is 2.46. The van der Waals surface area contributed by atoms with Crippen molar-refractivity contribution in [1.82, 2.24) is 0 Å². The van der Waals surface area contributed by atoms with Crippen molar-refractivity contribution in [2.75, 3.05) is 14.2 Å². The zero-order valence-electron chi connectivity index (χ0n) is 11.4. The minimum absolute atomic E-state index is 0.620. The van der Waals surface area contributed by atoms with Crippen LogP contribution in [-0.4, -0.2) is 19.3 Å². The van der Waals surface area contributed by atoms with E-state index in [-0.39, 0.29) is 0 Å². The zero-order chi connectivity index (χ0) is 13.8. The van der Waals surface area contributed by atoms with Crippen LogP contribution < -0.4 is 9.47 Å². The highest BCUT2D eigenvalue weighted by Crippen LogP contribution is 2.33. The Morgan fingerprint density at radius 2 is 1.68 bits per heavy atom. The molecule has 3 nitrogen and oxygen atoms in total. The summed E-state index contributed by atoms with van der Waals surface area (Å²) in [5.41, 5.74) is 2.66. The van der Waals surface area contributed by atoms with Crippen molar-refractivity contribution in [2.24, 2.45) is 0 Å². The molecule has 0 amide bonds. The van der Waals surface area contributed by atoms with Crippen molar-refractivity contribution in [1.29, 1.82) is 0 Å². The van der Waals surface area contributed by atoms with Gasteiger partial charge in [-0.3, -0.25) is 0 Å². The van der Waals surface area contributed by atoms with Gasteiger partial charge in [0, 0.05) is 11.6 Å². The summed E-state index contributed by atoms with van der Waals surface area (Å²) in [6, 6.07) is 13.2. The number of rotatable bonds is 4. The predicted octanol–water partition coefficient (Wildman–Crippen LogP) is 3.09. The maximum Gasteiger partial charge on any atom is 0.128 e. The minimum atomic E-state index is -0.706. The zero-order valence-corrected chi connectivity index (χ0v) is 11.4. The predicted molar refractivity (Wildman–Crippen MR) is 74.8 cm³/mol. The number of hydrogen-bond donors (Lipinski definition) is 1. The first kappa shape index (κ1) is 13.4. The van der Waals surface area contributed by atoms with Gasteiger partial charge >= 0.3 is 0 Å². The van der Waals surface area contributed by atoms with Crippen molar-refractivity contribution in [2.45, 2.75) is 13.0 Å². The summed E-state index contributed by atoms with van der Waals surface area (Å²) in [6.45, 7) is 1.98. The van der Waals surface area contributed by atoms with Gasteiger partial charge in [0.05, 0.1) is 14.2 Å². The number of aryl methyl sites for hydroxylation is 1. The van der Waals surface area contributed by atoms with E-state index in [4.69, 9.17) is 9.47 Å². The lowest BCUT2D eigenvalue weighted by atomic mass is 9.97. The first-order valence-corrected chi connectivity index (χ1v) is 6.13. The molecule has 0 aliphatic carbocycles. The molecule has 2 rings (SSSR count). The summed E-state index contributed by atoms with van der Waals surface area (Å²) < 4.78 is 10.5. The summed E-state index contributed by atoms with van der Waals surface area (Å²) in [4.78, 5) is 0. The Bertz CT molecular complexity index is 564. The summed E-state index contributed by atoms with van der Waals surface area (Å²) in [7, 11) is 3.19. The fourth-order valence-electron chi connectivity index (χ4n) is 2.11. The molecule has 1 unspecified atom stereocenters. The molecule has 1 atom stereocenters. The summed E-state index contributed by atoms with van der Waals surface area (Å²) >= 11 is 0. The molecule has 0 aliphatic rings. The largest absolute Gasteiger partial charge is 0.497 e. The van der Waals surface area contributed by atoms with Gasteiger partial charge in [0.15, 0.2) is 0 Å². The molecular weight excluding hydrogens is 240 g/mol. The lowest BCUT2D eigenvalue weighted by Gasteiger charge is -2.17. The van der Waals surface area contributed by atoms with Gasteiger partial charge in [-0.15, -0.1) is 0 Å². The van der Waals surface area contributed by atoms with Crippen LogP contribution in [0.2, 0.25) is 0 Å². The van der Waals surface area contributed by atoms with E-state index in [1.807, 2.05) is 43.3 Å².